The van der Waals surface area contributed by atoms with Crippen LogP contribution >= 0.6 is 23.1 Å². The van der Waals surface area contributed by atoms with Crippen LogP contribution in [-0.2, 0) is 25.8 Å². The fraction of sp³-hybridized carbons (Fsp3) is 0.320. The van der Waals surface area contributed by atoms with Gasteiger partial charge in [-0.3, -0.25) is 4.79 Å². The van der Waals surface area contributed by atoms with E-state index in [2.05, 4.69) is 4.98 Å². The third-order valence-electron chi connectivity index (χ3n) is 6.24. The molecule has 3 aromatic rings. The highest BCUT2D eigenvalue weighted by Gasteiger charge is 2.57. The lowest BCUT2D eigenvalue weighted by Gasteiger charge is -2.33. The Kier molecular flexibility index (Phi) is 6.41. The van der Waals surface area contributed by atoms with Gasteiger partial charge in [-0.2, -0.15) is 0 Å². The minimum absolute atomic E-state index is 0.00559. The molecule has 2 saturated heterocycles. The number of esters is 1. The lowest BCUT2D eigenvalue weighted by molar-refractivity contribution is -0.155. The molecule has 1 aromatic heterocycles. The van der Waals surface area contributed by atoms with Gasteiger partial charge in [-0.1, -0.05) is 18.2 Å². The van der Waals surface area contributed by atoms with Gasteiger partial charge in [0.05, 0.1) is 25.5 Å². The molecule has 5 rings (SSSR count). The molecule has 0 spiro atoms. The van der Waals surface area contributed by atoms with Gasteiger partial charge in [0.25, 0.3) is 0 Å². The SMILES string of the molecule is COc1cccc(-c2nc(COC(=O)[C@@H]3CS[C@@]4(c5ccc(F)cc5)CCC(=O)N34)cs2)c1OC. The lowest BCUT2D eigenvalue weighted by atomic mass is 10.0. The second kappa shape index (κ2) is 9.50. The number of rotatable bonds is 7. The number of halogens is 1. The molecule has 0 radical (unpaired) electrons. The molecule has 2 fully saturated rings. The molecular weight excluding hydrogens is 491 g/mol. The van der Waals surface area contributed by atoms with Crippen molar-refractivity contribution in [3.8, 4) is 22.1 Å². The van der Waals surface area contributed by atoms with Crippen LogP contribution in [0.15, 0.2) is 47.8 Å². The van der Waals surface area contributed by atoms with Crippen molar-refractivity contribution in [3.63, 3.8) is 0 Å². The highest BCUT2D eigenvalue weighted by molar-refractivity contribution is 8.00. The molecule has 10 heteroatoms. The van der Waals surface area contributed by atoms with E-state index in [1.165, 1.54) is 35.2 Å². The minimum Gasteiger partial charge on any atom is -0.493 e. The standard InChI is InChI=1S/C25H23FN2O5S2/c1-31-20-5-3-4-18(22(20)32-2)23-27-17(13-34-23)12-33-24(30)19-14-35-25(11-10-21(29)28(19)25)15-6-8-16(26)9-7-15/h3-9,13,19H,10-12,14H2,1-2H3/t19-,25+/m0/s1. The number of carbonyl (C=O) groups is 2. The van der Waals surface area contributed by atoms with Crippen molar-refractivity contribution in [1.82, 2.24) is 9.88 Å². The van der Waals surface area contributed by atoms with Gasteiger partial charge in [-0.15, -0.1) is 23.1 Å². The van der Waals surface area contributed by atoms with Crippen molar-refractivity contribution >= 4 is 35.0 Å². The lowest BCUT2D eigenvalue weighted by Crippen LogP contribution is -2.46. The zero-order valence-corrected chi connectivity index (χ0v) is 20.8. The Balaban J connectivity index is 1.30. The van der Waals surface area contributed by atoms with Gasteiger partial charge in [-0.25, -0.2) is 14.2 Å². The fourth-order valence-electron chi connectivity index (χ4n) is 4.62. The van der Waals surface area contributed by atoms with Crippen molar-refractivity contribution < 1.29 is 28.2 Å². The van der Waals surface area contributed by atoms with Gasteiger partial charge in [0.15, 0.2) is 11.5 Å². The van der Waals surface area contributed by atoms with E-state index in [9.17, 15) is 14.0 Å². The van der Waals surface area contributed by atoms with E-state index in [-0.39, 0.29) is 18.3 Å². The Labute approximate surface area is 210 Å². The second-order valence-corrected chi connectivity index (χ2v) is 10.3. The van der Waals surface area contributed by atoms with Crippen LogP contribution in [0, 0.1) is 5.82 Å². The van der Waals surface area contributed by atoms with Gasteiger partial charge in [0.2, 0.25) is 5.91 Å². The van der Waals surface area contributed by atoms with Crippen molar-refractivity contribution in [1.29, 1.82) is 0 Å². The van der Waals surface area contributed by atoms with Crippen LogP contribution < -0.4 is 9.47 Å². The second-order valence-electron chi connectivity index (χ2n) is 8.17. The van der Waals surface area contributed by atoms with E-state index in [4.69, 9.17) is 14.2 Å². The highest BCUT2D eigenvalue weighted by atomic mass is 32.2. The number of aromatic nitrogens is 1. The number of hydrogen-bond donors (Lipinski definition) is 0. The Hall–Kier alpha value is -3.11. The zero-order chi connectivity index (χ0) is 24.6. The molecule has 0 aliphatic carbocycles. The van der Waals surface area contributed by atoms with E-state index in [1.54, 1.807) is 31.3 Å². The van der Waals surface area contributed by atoms with Crippen LogP contribution in [0.3, 0.4) is 0 Å². The van der Waals surface area contributed by atoms with Gasteiger partial charge in [-0.05, 0) is 36.2 Å². The summed E-state index contributed by atoms with van der Waals surface area (Å²) in [5, 5.41) is 2.54. The minimum atomic E-state index is -0.698. The number of hydrogen-bond acceptors (Lipinski definition) is 8. The normalized spacial score (nSPS) is 21.2. The van der Waals surface area contributed by atoms with Crippen LogP contribution in [0.1, 0.15) is 24.1 Å². The fourth-order valence-corrected chi connectivity index (χ4v) is 7.08. The first kappa shape index (κ1) is 23.6. The number of thioether (sulfide) groups is 1. The summed E-state index contributed by atoms with van der Waals surface area (Å²) in [7, 11) is 3.15. The van der Waals surface area contributed by atoms with Crippen molar-refractivity contribution in [2.75, 3.05) is 20.0 Å². The molecule has 2 aromatic carbocycles. The van der Waals surface area contributed by atoms with Crippen molar-refractivity contribution in [3.05, 3.63) is 64.9 Å². The Morgan fingerprint density at radius 1 is 1.20 bits per heavy atom. The van der Waals surface area contributed by atoms with Gasteiger partial charge in [0, 0.05) is 17.6 Å². The Morgan fingerprint density at radius 2 is 2.00 bits per heavy atom. The Morgan fingerprint density at radius 3 is 2.74 bits per heavy atom. The first-order valence-electron chi connectivity index (χ1n) is 11.0. The summed E-state index contributed by atoms with van der Waals surface area (Å²) in [6.45, 7) is -0.00559. The monoisotopic (exact) mass is 514 g/mol. The van der Waals surface area contributed by atoms with Crippen LogP contribution in [0.2, 0.25) is 0 Å². The van der Waals surface area contributed by atoms with E-state index in [0.717, 1.165) is 11.1 Å². The summed E-state index contributed by atoms with van der Waals surface area (Å²) in [6, 6.07) is 11.0. The number of thiazole rings is 1. The Bertz CT molecular complexity index is 1260. The molecule has 3 heterocycles. The number of ether oxygens (including phenoxy) is 3. The third kappa shape index (κ3) is 4.14. The number of benzene rings is 2. The molecule has 0 N–H and O–H groups in total. The summed E-state index contributed by atoms with van der Waals surface area (Å²) >= 11 is 2.94. The van der Waals surface area contributed by atoms with Crippen LogP contribution in [0.25, 0.3) is 10.6 Å². The topological polar surface area (TPSA) is 78.0 Å². The predicted octanol–water partition coefficient (Wildman–Crippen LogP) is 4.60. The van der Waals surface area contributed by atoms with Gasteiger partial charge >= 0.3 is 5.97 Å². The van der Waals surface area contributed by atoms with Gasteiger partial charge < -0.3 is 19.1 Å². The summed E-state index contributed by atoms with van der Waals surface area (Å²) in [6.07, 6.45) is 0.912. The number of carbonyl (C=O) groups excluding carboxylic acids is 2. The van der Waals surface area contributed by atoms with Crippen LogP contribution in [0.4, 0.5) is 4.39 Å². The largest absolute Gasteiger partial charge is 0.493 e. The molecule has 2 aliphatic heterocycles. The summed E-state index contributed by atoms with van der Waals surface area (Å²) in [5.74, 6) is 0.708. The molecule has 0 bridgehead atoms. The van der Waals surface area contributed by atoms with Crippen molar-refractivity contribution in [2.45, 2.75) is 30.4 Å². The summed E-state index contributed by atoms with van der Waals surface area (Å²) in [4.78, 5) is 31.4. The maximum atomic E-state index is 13.5. The molecule has 2 atom stereocenters. The average molecular weight is 515 g/mol. The summed E-state index contributed by atoms with van der Waals surface area (Å²) in [5.41, 5.74) is 2.21. The first-order valence-corrected chi connectivity index (χ1v) is 12.9. The average Bonchev–Trinajstić information content (AvgIpc) is 3.59. The molecule has 1 amide bonds. The molecule has 182 valence electrons. The summed E-state index contributed by atoms with van der Waals surface area (Å²) < 4.78 is 29.9. The van der Waals surface area contributed by atoms with E-state index in [0.29, 0.717) is 40.8 Å². The number of para-hydroxylation sites is 1. The molecular formula is C25H23FN2O5S2. The molecule has 2 aliphatic rings. The van der Waals surface area contributed by atoms with E-state index >= 15 is 0 Å². The van der Waals surface area contributed by atoms with E-state index < -0.39 is 16.9 Å². The third-order valence-corrected chi connectivity index (χ3v) is 8.76. The van der Waals surface area contributed by atoms with Crippen LogP contribution in [0.5, 0.6) is 11.5 Å². The zero-order valence-electron chi connectivity index (χ0n) is 19.2. The number of amides is 1. The predicted molar refractivity (Wildman–Crippen MR) is 131 cm³/mol. The smallest absolute Gasteiger partial charge is 0.330 e. The quantitative estimate of drug-likeness (QED) is 0.427. The van der Waals surface area contributed by atoms with E-state index in [1.807, 2.05) is 23.6 Å². The first-order chi connectivity index (χ1) is 17.0. The molecule has 0 saturated carbocycles. The maximum Gasteiger partial charge on any atom is 0.330 e. The number of nitrogens with zero attached hydrogens (tertiary/aromatic N) is 2. The number of fused-ring (bicyclic) bond motifs is 1. The molecule has 7 nitrogen and oxygen atoms in total. The van der Waals surface area contributed by atoms with Crippen LogP contribution in [-0.4, -0.2) is 47.8 Å². The molecule has 35 heavy (non-hydrogen) atoms. The number of methoxy groups -OCH3 is 2. The highest BCUT2D eigenvalue weighted by Crippen LogP contribution is 2.54. The van der Waals surface area contributed by atoms with Crippen molar-refractivity contribution in [2.24, 2.45) is 0 Å². The maximum absolute atomic E-state index is 13.5. The molecule has 0 unspecified atom stereocenters. The van der Waals surface area contributed by atoms with Gasteiger partial charge in [0.1, 0.15) is 28.3 Å².